The molecule has 0 atom stereocenters. The number of amides is 2. The maximum Gasteiger partial charge on any atom is 0.269 e. The number of hydrogen-bond acceptors (Lipinski definition) is 3. The molecule has 0 radical (unpaired) electrons. The second-order valence-electron chi connectivity index (χ2n) is 5.95. The van der Waals surface area contributed by atoms with E-state index in [0.29, 0.717) is 16.2 Å². The lowest BCUT2D eigenvalue weighted by atomic mass is 10.0. The van der Waals surface area contributed by atoms with Crippen molar-refractivity contribution >= 4 is 34.4 Å². The van der Waals surface area contributed by atoms with E-state index in [1.54, 1.807) is 0 Å². The van der Waals surface area contributed by atoms with Gasteiger partial charge in [-0.2, -0.15) is 0 Å². The molecule has 0 saturated carbocycles. The summed E-state index contributed by atoms with van der Waals surface area (Å²) in [7, 11) is 0. The lowest BCUT2D eigenvalue weighted by Crippen LogP contribution is -2.42. The minimum Gasteiger partial charge on any atom is -0.464 e. The van der Waals surface area contributed by atoms with Crippen LogP contribution in [0.15, 0.2) is 41.0 Å². The van der Waals surface area contributed by atoms with Crippen LogP contribution in [0.3, 0.4) is 0 Å². The van der Waals surface area contributed by atoms with Gasteiger partial charge in [-0.15, -0.1) is 0 Å². The summed E-state index contributed by atoms with van der Waals surface area (Å²) in [6, 6.07) is 6.82. The minimum atomic E-state index is -0.537. The fraction of sp³-hybridized carbons (Fsp3) is 0.158. The molecular formula is C19H16ClFN2O3. The number of halogens is 2. The molecule has 134 valence electrons. The van der Waals surface area contributed by atoms with E-state index in [4.69, 9.17) is 16.0 Å². The van der Waals surface area contributed by atoms with E-state index in [1.807, 2.05) is 19.9 Å². The molecule has 3 rings (SSSR count). The average Bonchev–Trinajstić information content (AvgIpc) is 3.00. The predicted molar refractivity (Wildman–Crippen MR) is 96.4 cm³/mol. The van der Waals surface area contributed by atoms with Crippen LogP contribution in [0, 0.1) is 19.7 Å². The van der Waals surface area contributed by atoms with Crippen LogP contribution in [0.5, 0.6) is 0 Å². The van der Waals surface area contributed by atoms with Crippen LogP contribution in [0.1, 0.15) is 27.0 Å². The molecule has 5 nitrogen and oxygen atoms in total. The van der Waals surface area contributed by atoms with Crippen LogP contribution in [-0.4, -0.2) is 11.8 Å². The highest BCUT2D eigenvalue weighted by Crippen LogP contribution is 2.32. The highest BCUT2D eigenvalue weighted by molar-refractivity contribution is 6.33. The number of aryl methyl sites for hydroxylation is 2. The van der Waals surface area contributed by atoms with Crippen LogP contribution in [0.4, 0.5) is 4.39 Å². The Balaban J connectivity index is 1.69. The number of furan rings is 1. The molecule has 0 aliphatic carbocycles. The molecule has 0 aliphatic heterocycles. The van der Waals surface area contributed by atoms with Crippen molar-refractivity contribution in [2.24, 2.45) is 0 Å². The molecule has 2 amide bonds. The van der Waals surface area contributed by atoms with Crippen molar-refractivity contribution in [2.45, 2.75) is 20.3 Å². The van der Waals surface area contributed by atoms with E-state index in [9.17, 15) is 14.0 Å². The van der Waals surface area contributed by atoms with Gasteiger partial charge in [0.2, 0.25) is 5.91 Å². The summed E-state index contributed by atoms with van der Waals surface area (Å²) in [6.45, 7) is 3.75. The first kappa shape index (κ1) is 17.9. The van der Waals surface area contributed by atoms with Crippen LogP contribution in [0.2, 0.25) is 5.02 Å². The molecule has 1 aromatic heterocycles. The second-order valence-corrected chi connectivity index (χ2v) is 6.33. The Bertz CT molecular complexity index is 996. The molecule has 0 saturated heterocycles. The zero-order chi connectivity index (χ0) is 18.8. The van der Waals surface area contributed by atoms with Crippen molar-refractivity contribution < 1.29 is 18.4 Å². The Labute approximate surface area is 154 Å². The van der Waals surface area contributed by atoms with Crippen LogP contribution >= 0.6 is 11.6 Å². The van der Waals surface area contributed by atoms with Crippen molar-refractivity contribution in [2.75, 3.05) is 0 Å². The molecule has 3 aromatic rings. The van der Waals surface area contributed by atoms with E-state index in [1.165, 1.54) is 30.5 Å². The minimum absolute atomic E-state index is 0.0108. The number of hydrogen-bond donors (Lipinski definition) is 2. The lowest BCUT2D eigenvalue weighted by molar-refractivity contribution is -0.121. The maximum absolute atomic E-state index is 12.9. The maximum atomic E-state index is 12.9. The van der Waals surface area contributed by atoms with Gasteiger partial charge < -0.3 is 4.42 Å². The first-order chi connectivity index (χ1) is 12.4. The van der Waals surface area contributed by atoms with Crippen LogP contribution in [0.25, 0.3) is 11.0 Å². The second kappa shape index (κ2) is 7.17. The summed E-state index contributed by atoms with van der Waals surface area (Å²) >= 11 is 6.28. The van der Waals surface area contributed by atoms with Crippen LogP contribution < -0.4 is 10.9 Å². The molecule has 0 bridgehead atoms. The van der Waals surface area contributed by atoms with Gasteiger partial charge in [0.05, 0.1) is 12.7 Å². The fourth-order valence-corrected chi connectivity index (χ4v) is 2.90. The van der Waals surface area contributed by atoms with Gasteiger partial charge in [-0.3, -0.25) is 20.4 Å². The number of rotatable bonds is 3. The summed E-state index contributed by atoms with van der Waals surface area (Å²) in [5.41, 5.74) is 7.94. The average molecular weight is 375 g/mol. The molecule has 2 N–H and O–H groups in total. The van der Waals surface area contributed by atoms with E-state index in [2.05, 4.69) is 10.9 Å². The number of carbonyl (C=O) groups is 2. The molecular weight excluding hydrogens is 359 g/mol. The molecule has 1 heterocycles. The molecule has 0 unspecified atom stereocenters. The van der Waals surface area contributed by atoms with E-state index < -0.39 is 17.6 Å². The SMILES string of the molecule is Cc1cc2occ(CC(=O)NNC(=O)c3ccc(F)cc3)c2c(C)c1Cl. The predicted octanol–water partition coefficient (Wildman–Crippen LogP) is 3.85. The molecule has 0 fully saturated rings. The van der Waals surface area contributed by atoms with Gasteiger partial charge >= 0.3 is 0 Å². The standard InChI is InChI=1S/C19H16ClFN2O3/c1-10-7-15-17(11(2)18(10)20)13(9-26-15)8-16(24)22-23-19(25)12-3-5-14(21)6-4-12/h3-7,9H,8H2,1-2H3,(H,22,24)(H,23,25). The van der Waals surface area contributed by atoms with Gasteiger partial charge in [0.25, 0.3) is 5.91 Å². The summed E-state index contributed by atoms with van der Waals surface area (Å²) < 4.78 is 18.4. The van der Waals surface area contributed by atoms with Gasteiger partial charge in [0, 0.05) is 21.5 Å². The third-order valence-electron chi connectivity index (χ3n) is 4.07. The molecule has 0 aliphatic rings. The van der Waals surface area contributed by atoms with Crippen molar-refractivity contribution in [1.29, 1.82) is 0 Å². The lowest BCUT2D eigenvalue weighted by Gasteiger charge is -2.08. The van der Waals surface area contributed by atoms with Gasteiger partial charge in [-0.25, -0.2) is 4.39 Å². The van der Waals surface area contributed by atoms with Gasteiger partial charge in [-0.05, 0) is 55.3 Å². The largest absolute Gasteiger partial charge is 0.464 e. The van der Waals surface area contributed by atoms with Crippen molar-refractivity contribution in [3.05, 3.63) is 69.7 Å². The normalized spacial score (nSPS) is 10.8. The van der Waals surface area contributed by atoms with Crippen molar-refractivity contribution in [3.8, 4) is 0 Å². The van der Waals surface area contributed by atoms with Crippen LogP contribution in [-0.2, 0) is 11.2 Å². The quantitative estimate of drug-likeness (QED) is 0.684. The number of fused-ring (bicyclic) bond motifs is 1. The number of nitrogens with one attached hydrogen (secondary N) is 2. The Kier molecular flexibility index (Phi) is 4.95. The monoisotopic (exact) mass is 374 g/mol. The molecule has 7 heteroatoms. The molecule has 0 spiro atoms. The number of carbonyl (C=O) groups excluding carboxylic acids is 2. The van der Waals surface area contributed by atoms with E-state index >= 15 is 0 Å². The summed E-state index contributed by atoms with van der Waals surface area (Å²) in [4.78, 5) is 24.1. The highest BCUT2D eigenvalue weighted by atomic mass is 35.5. The Morgan fingerprint density at radius 3 is 2.54 bits per heavy atom. The summed E-state index contributed by atoms with van der Waals surface area (Å²) in [6.07, 6.45) is 1.52. The van der Waals surface area contributed by atoms with Crippen molar-refractivity contribution in [1.82, 2.24) is 10.9 Å². The van der Waals surface area contributed by atoms with E-state index in [-0.39, 0.29) is 12.0 Å². The Morgan fingerprint density at radius 2 is 1.85 bits per heavy atom. The first-order valence-corrected chi connectivity index (χ1v) is 8.25. The molecule has 2 aromatic carbocycles. The third-order valence-corrected chi connectivity index (χ3v) is 4.65. The smallest absolute Gasteiger partial charge is 0.269 e. The number of benzene rings is 2. The van der Waals surface area contributed by atoms with Gasteiger partial charge in [0.1, 0.15) is 11.4 Å². The van der Waals surface area contributed by atoms with Gasteiger partial charge in [0.15, 0.2) is 0 Å². The summed E-state index contributed by atoms with van der Waals surface area (Å²) in [5.74, 6) is -1.40. The zero-order valence-corrected chi connectivity index (χ0v) is 14.9. The third kappa shape index (κ3) is 3.55. The van der Waals surface area contributed by atoms with Crippen molar-refractivity contribution in [3.63, 3.8) is 0 Å². The Morgan fingerprint density at radius 1 is 1.15 bits per heavy atom. The molecule has 26 heavy (non-hydrogen) atoms. The first-order valence-electron chi connectivity index (χ1n) is 7.87. The zero-order valence-electron chi connectivity index (χ0n) is 14.2. The van der Waals surface area contributed by atoms with E-state index in [0.717, 1.165) is 16.5 Å². The van der Waals surface area contributed by atoms with Gasteiger partial charge in [-0.1, -0.05) is 11.6 Å². The fourth-order valence-electron chi connectivity index (χ4n) is 2.76. The summed E-state index contributed by atoms with van der Waals surface area (Å²) in [5, 5.41) is 1.42. The number of hydrazine groups is 1. The Hall–Kier alpha value is -2.86. The topological polar surface area (TPSA) is 71.3 Å². The highest BCUT2D eigenvalue weighted by Gasteiger charge is 2.16.